The number of cyclic esters (lactones) is 1. The number of Topliss-reactive ketones (excluding diaryl/α,β-unsaturated/α-hetero) is 1. The smallest absolute Gasteiger partial charge is 0.313 e. The predicted octanol–water partition coefficient (Wildman–Crippen LogP) is 1.99. The molecule has 96 valence electrons. The van der Waals surface area contributed by atoms with Crippen LogP contribution in [0.4, 0.5) is 0 Å². The van der Waals surface area contributed by atoms with E-state index in [0.29, 0.717) is 12.8 Å². The highest BCUT2D eigenvalue weighted by atomic mass is 16.6. The van der Waals surface area contributed by atoms with Crippen molar-refractivity contribution in [2.75, 3.05) is 0 Å². The van der Waals surface area contributed by atoms with E-state index in [1.807, 2.05) is 12.1 Å². The third-order valence-corrected chi connectivity index (χ3v) is 3.15. The molecular weight excluding hydrogens is 232 g/mol. The topological polar surface area (TPSA) is 63.6 Å². The number of benzene rings is 1. The Labute approximate surface area is 106 Å². The summed E-state index contributed by atoms with van der Waals surface area (Å²) in [5, 5.41) is 9.18. The van der Waals surface area contributed by atoms with Gasteiger partial charge in [0, 0.05) is 6.42 Å². The molecule has 4 heteroatoms. The molecule has 4 nitrogen and oxygen atoms in total. The molecule has 1 atom stereocenters. The van der Waals surface area contributed by atoms with Crippen LogP contribution in [0.15, 0.2) is 24.3 Å². The second kappa shape index (κ2) is 4.80. The number of ketones is 1. The molecule has 0 amide bonds. The fraction of sp³-hybridized carbons (Fsp3) is 0.429. The van der Waals surface area contributed by atoms with E-state index in [2.05, 4.69) is 0 Å². The SMILES string of the molecule is CC1(CCc2ccc(O)cc2)CC(=O)CC(=O)O1. The highest BCUT2D eigenvalue weighted by Gasteiger charge is 2.36. The summed E-state index contributed by atoms with van der Waals surface area (Å²) < 4.78 is 5.28. The standard InChI is InChI=1S/C14H16O4/c1-14(9-12(16)8-13(17)18-14)7-6-10-2-4-11(15)5-3-10/h2-5,15H,6-9H2,1H3. The lowest BCUT2D eigenvalue weighted by Crippen LogP contribution is -2.40. The van der Waals surface area contributed by atoms with Crippen molar-refractivity contribution in [3.8, 4) is 5.75 Å². The van der Waals surface area contributed by atoms with E-state index >= 15 is 0 Å². The minimum atomic E-state index is -0.690. The van der Waals surface area contributed by atoms with Crippen molar-refractivity contribution >= 4 is 11.8 Å². The Hall–Kier alpha value is -1.84. The molecule has 0 radical (unpaired) electrons. The average Bonchev–Trinajstić information content (AvgIpc) is 2.26. The monoisotopic (exact) mass is 248 g/mol. The first kappa shape index (κ1) is 12.6. The van der Waals surface area contributed by atoms with Gasteiger partial charge in [0.1, 0.15) is 23.6 Å². The van der Waals surface area contributed by atoms with Crippen molar-refractivity contribution < 1.29 is 19.4 Å². The van der Waals surface area contributed by atoms with Gasteiger partial charge in [-0.2, -0.15) is 0 Å². The predicted molar refractivity (Wildman–Crippen MR) is 65.2 cm³/mol. The maximum atomic E-state index is 11.4. The van der Waals surface area contributed by atoms with E-state index in [1.165, 1.54) is 0 Å². The first-order chi connectivity index (χ1) is 8.47. The number of esters is 1. The molecule has 1 N–H and O–H groups in total. The van der Waals surface area contributed by atoms with Crippen molar-refractivity contribution in [3.05, 3.63) is 29.8 Å². The van der Waals surface area contributed by atoms with E-state index in [-0.39, 0.29) is 24.4 Å². The van der Waals surface area contributed by atoms with E-state index in [1.54, 1.807) is 19.1 Å². The Morgan fingerprint density at radius 2 is 1.94 bits per heavy atom. The quantitative estimate of drug-likeness (QED) is 0.656. The van der Waals surface area contributed by atoms with E-state index < -0.39 is 11.6 Å². The number of aromatic hydroxyl groups is 1. The number of phenolic OH excluding ortho intramolecular Hbond substituents is 1. The molecule has 1 heterocycles. The zero-order valence-corrected chi connectivity index (χ0v) is 10.3. The van der Waals surface area contributed by atoms with Gasteiger partial charge in [-0.05, 0) is 37.5 Å². The number of rotatable bonds is 3. The highest BCUT2D eigenvalue weighted by molar-refractivity contribution is 5.98. The largest absolute Gasteiger partial charge is 0.508 e. The lowest BCUT2D eigenvalue weighted by atomic mass is 9.89. The molecule has 0 saturated carbocycles. The maximum absolute atomic E-state index is 11.4. The van der Waals surface area contributed by atoms with Gasteiger partial charge in [-0.3, -0.25) is 9.59 Å². The van der Waals surface area contributed by atoms with Crippen LogP contribution in [0.5, 0.6) is 5.75 Å². The number of ether oxygens (including phenoxy) is 1. The summed E-state index contributed by atoms with van der Waals surface area (Å²) in [6.45, 7) is 1.79. The first-order valence-corrected chi connectivity index (χ1v) is 5.98. The minimum Gasteiger partial charge on any atom is -0.508 e. The Balaban J connectivity index is 1.98. The van der Waals surface area contributed by atoms with Crippen LogP contribution in [0.3, 0.4) is 0 Å². The summed E-state index contributed by atoms with van der Waals surface area (Å²) in [6.07, 6.45) is 1.50. The second-order valence-electron chi connectivity index (χ2n) is 4.98. The number of carbonyl (C=O) groups excluding carboxylic acids is 2. The van der Waals surface area contributed by atoms with E-state index in [0.717, 1.165) is 5.56 Å². The van der Waals surface area contributed by atoms with Crippen LogP contribution >= 0.6 is 0 Å². The van der Waals surface area contributed by atoms with Gasteiger partial charge in [0.25, 0.3) is 0 Å². The molecule has 1 unspecified atom stereocenters. The molecule has 18 heavy (non-hydrogen) atoms. The van der Waals surface area contributed by atoms with Crippen LogP contribution in [0.1, 0.15) is 31.7 Å². The average molecular weight is 248 g/mol. The minimum absolute atomic E-state index is 0.0561. The fourth-order valence-electron chi connectivity index (χ4n) is 2.20. The molecule has 0 aromatic heterocycles. The number of aryl methyl sites for hydroxylation is 1. The summed E-state index contributed by atoms with van der Waals surface area (Å²) in [5.41, 5.74) is 0.354. The van der Waals surface area contributed by atoms with Crippen LogP contribution in [0, 0.1) is 0 Å². The summed E-state index contributed by atoms with van der Waals surface area (Å²) >= 11 is 0. The molecule has 0 aliphatic carbocycles. The van der Waals surface area contributed by atoms with Crippen molar-refractivity contribution in [1.82, 2.24) is 0 Å². The molecule has 1 fully saturated rings. The Kier molecular flexibility index (Phi) is 3.36. The van der Waals surface area contributed by atoms with E-state index in [4.69, 9.17) is 4.74 Å². The first-order valence-electron chi connectivity index (χ1n) is 5.98. The van der Waals surface area contributed by atoms with Crippen LogP contribution in [0.2, 0.25) is 0 Å². The molecule has 1 aliphatic heterocycles. The Morgan fingerprint density at radius 1 is 1.28 bits per heavy atom. The number of hydrogen-bond acceptors (Lipinski definition) is 4. The van der Waals surface area contributed by atoms with Crippen molar-refractivity contribution in [3.63, 3.8) is 0 Å². The van der Waals surface area contributed by atoms with Crippen molar-refractivity contribution in [1.29, 1.82) is 0 Å². The van der Waals surface area contributed by atoms with Crippen molar-refractivity contribution in [2.45, 2.75) is 38.2 Å². The summed E-state index contributed by atoms with van der Waals surface area (Å²) in [6, 6.07) is 6.89. The fourth-order valence-corrected chi connectivity index (χ4v) is 2.20. The van der Waals surface area contributed by atoms with Gasteiger partial charge in [-0.1, -0.05) is 12.1 Å². The molecule has 1 aromatic carbocycles. The lowest BCUT2D eigenvalue weighted by molar-refractivity contribution is -0.168. The van der Waals surface area contributed by atoms with Gasteiger partial charge in [-0.15, -0.1) is 0 Å². The second-order valence-corrected chi connectivity index (χ2v) is 4.98. The normalized spacial score (nSPS) is 23.8. The lowest BCUT2D eigenvalue weighted by Gasteiger charge is -2.32. The van der Waals surface area contributed by atoms with E-state index in [9.17, 15) is 14.7 Å². The third kappa shape index (κ3) is 3.09. The van der Waals surface area contributed by atoms with Gasteiger partial charge < -0.3 is 9.84 Å². The third-order valence-electron chi connectivity index (χ3n) is 3.15. The molecular formula is C14H16O4. The number of carbonyl (C=O) groups is 2. The molecule has 0 bridgehead atoms. The molecule has 2 rings (SSSR count). The van der Waals surface area contributed by atoms with Crippen LogP contribution in [0.25, 0.3) is 0 Å². The van der Waals surface area contributed by atoms with Gasteiger partial charge in [0.2, 0.25) is 0 Å². The molecule has 1 aliphatic rings. The van der Waals surface area contributed by atoms with Gasteiger partial charge >= 0.3 is 5.97 Å². The Morgan fingerprint density at radius 3 is 2.56 bits per heavy atom. The zero-order chi connectivity index (χ0) is 13.2. The molecule has 1 aromatic rings. The van der Waals surface area contributed by atoms with Crippen LogP contribution < -0.4 is 0 Å². The Bertz CT molecular complexity index is 445. The van der Waals surface area contributed by atoms with Crippen LogP contribution in [-0.2, 0) is 20.7 Å². The highest BCUT2D eigenvalue weighted by Crippen LogP contribution is 2.28. The zero-order valence-electron chi connectivity index (χ0n) is 10.3. The van der Waals surface area contributed by atoms with Gasteiger partial charge in [0.15, 0.2) is 0 Å². The summed E-state index contributed by atoms with van der Waals surface area (Å²) in [7, 11) is 0. The maximum Gasteiger partial charge on any atom is 0.313 e. The summed E-state index contributed by atoms with van der Waals surface area (Å²) in [5.74, 6) is -0.261. The molecule has 0 spiro atoms. The van der Waals surface area contributed by atoms with Gasteiger partial charge in [-0.25, -0.2) is 0 Å². The number of phenols is 1. The van der Waals surface area contributed by atoms with Crippen molar-refractivity contribution in [2.24, 2.45) is 0 Å². The van der Waals surface area contributed by atoms with Gasteiger partial charge in [0.05, 0.1) is 0 Å². The summed E-state index contributed by atoms with van der Waals surface area (Å²) in [4.78, 5) is 22.7. The van der Waals surface area contributed by atoms with Crippen LogP contribution in [-0.4, -0.2) is 22.5 Å². The number of hydrogen-bond donors (Lipinski definition) is 1. The molecule has 1 saturated heterocycles.